The molecule has 0 unspecified atom stereocenters. The molecule has 1 N–H and O–H groups in total. The Morgan fingerprint density at radius 2 is 1.96 bits per heavy atom. The molecule has 4 rings (SSSR count). The van der Waals surface area contributed by atoms with E-state index in [1.54, 1.807) is 4.57 Å². The lowest BCUT2D eigenvalue weighted by Crippen LogP contribution is -2.23. The fourth-order valence-corrected chi connectivity index (χ4v) is 3.79. The van der Waals surface area contributed by atoms with Crippen LogP contribution in [0.4, 0.5) is 0 Å². The van der Waals surface area contributed by atoms with Gasteiger partial charge in [0.2, 0.25) is 10.5 Å². The van der Waals surface area contributed by atoms with Gasteiger partial charge in [-0.3, -0.25) is 13.8 Å². The largest absolute Gasteiger partial charge is 0.273 e. The zero-order chi connectivity index (χ0) is 16.0. The van der Waals surface area contributed by atoms with Crippen LogP contribution < -0.4 is 5.56 Å². The van der Waals surface area contributed by atoms with Crippen LogP contribution in [0.2, 0.25) is 0 Å². The molecular weight excluding hydrogens is 328 g/mol. The first-order valence-corrected chi connectivity index (χ1v) is 8.63. The van der Waals surface area contributed by atoms with Crippen LogP contribution in [0, 0.1) is 4.77 Å². The molecule has 0 saturated heterocycles. The van der Waals surface area contributed by atoms with E-state index >= 15 is 0 Å². The maximum Gasteiger partial charge on any atom is 0.273 e. The predicted octanol–water partition coefficient (Wildman–Crippen LogP) is 3.38. The van der Waals surface area contributed by atoms with E-state index in [2.05, 4.69) is 41.4 Å². The highest BCUT2D eigenvalue weighted by Crippen LogP contribution is 2.19. The molecule has 0 spiro atoms. The first-order valence-electron chi connectivity index (χ1n) is 7.34. The highest BCUT2D eigenvalue weighted by Gasteiger charge is 2.14. The molecule has 3 heterocycles. The fraction of sp³-hybridized carbons (Fsp3) is 0.188. The van der Waals surface area contributed by atoms with E-state index in [-0.39, 0.29) is 5.56 Å². The van der Waals surface area contributed by atoms with E-state index in [1.165, 1.54) is 16.9 Å². The first kappa shape index (κ1) is 14.3. The smallest absolute Gasteiger partial charge is 0.271 e. The second-order valence-corrected chi connectivity index (χ2v) is 6.66. The average Bonchev–Trinajstić information content (AvgIpc) is 3.19. The van der Waals surface area contributed by atoms with E-state index in [0.29, 0.717) is 21.8 Å². The molecule has 0 bridgehead atoms. The van der Waals surface area contributed by atoms with Crippen molar-refractivity contribution < 1.29 is 0 Å². The number of H-pyrrole nitrogens is 1. The zero-order valence-corrected chi connectivity index (χ0v) is 14.1. The number of aromatic nitrogens is 4. The molecule has 0 radical (unpaired) electrons. The van der Waals surface area contributed by atoms with E-state index < -0.39 is 0 Å². The van der Waals surface area contributed by atoms with Crippen molar-refractivity contribution in [2.75, 3.05) is 0 Å². The summed E-state index contributed by atoms with van der Waals surface area (Å²) >= 11 is 6.74. The molecule has 5 nitrogen and oxygen atoms in total. The van der Waals surface area contributed by atoms with Gasteiger partial charge >= 0.3 is 0 Å². The predicted molar refractivity (Wildman–Crippen MR) is 94.9 cm³/mol. The zero-order valence-electron chi connectivity index (χ0n) is 12.4. The van der Waals surface area contributed by atoms with Crippen molar-refractivity contribution in [1.82, 2.24) is 19.2 Å². The summed E-state index contributed by atoms with van der Waals surface area (Å²) in [5, 5.41) is 8.95. The number of rotatable bonds is 3. The molecule has 0 atom stereocenters. The van der Waals surface area contributed by atoms with Gasteiger partial charge in [-0.1, -0.05) is 31.2 Å². The summed E-state index contributed by atoms with van der Waals surface area (Å²) in [5.41, 5.74) is 3.13. The second kappa shape index (κ2) is 5.43. The third-order valence-electron chi connectivity index (χ3n) is 3.99. The molecular formula is C16H14N4OS2. The van der Waals surface area contributed by atoms with Crippen LogP contribution in [0.1, 0.15) is 18.1 Å². The van der Waals surface area contributed by atoms with Crippen molar-refractivity contribution in [1.29, 1.82) is 0 Å². The molecule has 1 aromatic carbocycles. The Kier molecular flexibility index (Phi) is 3.39. The normalized spacial score (nSPS) is 11.5. The topological polar surface area (TPSA) is 55.1 Å². The van der Waals surface area contributed by atoms with Gasteiger partial charge in [-0.25, -0.2) is 5.10 Å². The number of fused-ring (bicyclic) bond motifs is 3. The van der Waals surface area contributed by atoms with Gasteiger partial charge in [0, 0.05) is 0 Å². The Labute approximate surface area is 140 Å². The van der Waals surface area contributed by atoms with Crippen LogP contribution in [0.3, 0.4) is 0 Å². The molecule has 0 saturated carbocycles. The maximum atomic E-state index is 12.8. The molecule has 7 heteroatoms. The molecule has 23 heavy (non-hydrogen) atoms. The second-order valence-electron chi connectivity index (χ2n) is 5.36. The third kappa shape index (κ3) is 2.24. The molecule has 0 aliphatic heterocycles. The van der Waals surface area contributed by atoms with Gasteiger partial charge in [-0.2, -0.15) is 0 Å². The molecule has 0 amide bonds. The fourth-order valence-electron chi connectivity index (χ4n) is 2.74. The van der Waals surface area contributed by atoms with Crippen LogP contribution in [0.5, 0.6) is 0 Å². The number of thiophene rings is 1. The molecule has 4 aromatic rings. The van der Waals surface area contributed by atoms with Crippen molar-refractivity contribution in [3.8, 4) is 0 Å². The van der Waals surface area contributed by atoms with Crippen LogP contribution >= 0.6 is 23.6 Å². The summed E-state index contributed by atoms with van der Waals surface area (Å²) in [7, 11) is 0. The van der Waals surface area contributed by atoms with Crippen molar-refractivity contribution >= 4 is 39.5 Å². The van der Waals surface area contributed by atoms with Crippen LogP contribution in [0.25, 0.3) is 16.0 Å². The summed E-state index contributed by atoms with van der Waals surface area (Å²) in [6, 6.07) is 10.2. The molecule has 3 aromatic heterocycles. The first-order chi connectivity index (χ1) is 11.2. The lowest BCUT2D eigenvalue weighted by Gasteiger charge is -2.09. The third-order valence-corrected chi connectivity index (χ3v) is 5.16. The van der Waals surface area contributed by atoms with Crippen LogP contribution in [0.15, 0.2) is 40.5 Å². The Morgan fingerprint density at radius 1 is 1.22 bits per heavy atom. The summed E-state index contributed by atoms with van der Waals surface area (Å²) in [6.07, 6.45) is 1.00. The minimum Gasteiger partial charge on any atom is -0.271 e. The molecule has 116 valence electrons. The van der Waals surface area contributed by atoms with Crippen molar-refractivity contribution in [3.05, 3.63) is 62.0 Å². The minimum atomic E-state index is -0.0314. The SMILES string of the molecule is CCc1ccc(Cn2c(=O)c3sccc3n3c(=S)[nH]nc23)cc1. The van der Waals surface area contributed by atoms with Gasteiger partial charge < -0.3 is 0 Å². The highest BCUT2D eigenvalue weighted by atomic mass is 32.1. The lowest BCUT2D eigenvalue weighted by molar-refractivity contribution is 0.767. The van der Waals surface area contributed by atoms with Gasteiger partial charge in [-0.05, 0) is 41.2 Å². The Hall–Kier alpha value is -2.25. The van der Waals surface area contributed by atoms with Gasteiger partial charge in [-0.15, -0.1) is 16.4 Å². The van der Waals surface area contributed by atoms with Gasteiger partial charge in [0.25, 0.3) is 5.56 Å². The van der Waals surface area contributed by atoms with Crippen LogP contribution in [-0.4, -0.2) is 19.2 Å². The van der Waals surface area contributed by atoms with Gasteiger partial charge in [0.1, 0.15) is 4.70 Å². The quantitative estimate of drug-likeness (QED) is 0.581. The maximum absolute atomic E-state index is 12.8. The number of nitrogens with one attached hydrogen (secondary N) is 1. The number of hydrogen-bond acceptors (Lipinski definition) is 4. The van der Waals surface area contributed by atoms with Crippen molar-refractivity contribution in [3.63, 3.8) is 0 Å². The van der Waals surface area contributed by atoms with Crippen molar-refractivity contribution in [2.45, 2.75) is 19.9 Å². The van der Waals surface area contributed by atoms with Gasteiger partial charge in [0.05, 0.1) is 12.1 Å². The number of benzene rings is 1. The highest BCUT2D eigenvalue weighted by molar-refractivity contribution is 7.71. The summed E-state index contributed by atoms with van der Waals surface area (Å²) in [4.78, 5) is 12.8. The van der Waals surface area contributed by atoms with Crippen LogP contribution in [-0.2, 0) is 13.0 Å². The average molecular weight is 342 g/mol. The standard InChI is InChI=1S/C16H14N4OS2/c1-2-10-3-5-11(6-4-10)9-19-14(21)13-12(7-8-23-13)20-15(19)17-18-16(20)22/h3-8H,2,9H2,1H3,(H,18,22). The lowest BCUT2D eigenvalue weighted by atomic mass is 10.1. The van der Waals surface area contributed by atoms with E-state index in [9.17, 15) is 4.79 Å². The Bertz CT molecular complexity index is 1120. The molecule has 0 aliphatic rings. The van der Waals surface area contributed by atoms with E-state index in [1.807, 2.05) is 15.8 Å². The number of aromatic amines is 1. The summed E-state index contributed by atoms with van der Waals surface area (Å²) in [6.45, 7) is 2.60. The molecule has 0 fully saturated rings. The summed E-state index contributed by atoms with van der Waals surface area (Å²) in [5.74, 6) is 0.547. The summed E-state index contributed by atoms with van der Waals surface area (Å²) < 4.78 is 4.69. The monoisotopic (exact) mass is 342 g/mol. The van der Waals surface area contributed by atoms with Crippen molar-refractivity contribution in [2.24, 2.45) is 0 Å². The minimum absolute atomic E-state index is 0.0314. The Morgan fingerprint density at radius 3 is 2.70 bits per heavy atom. The van der Waals surface area contributed by atoms with E-state index in [4.69, 9.17) is 12.2 Å². The number of aryl methyl sites for hydroxylation is 1. The van der Waals surface area contributed by atoms with Gasteiger partial charge in [0.15, 0.2) is 0 Å². The molecule has 0 aliphatic carbocycles. The number of nitrogens with zero attached hydrogens (tertiary/aromatic N) is 3. The Balaban J connectivity index is 1.95. The number of hydrogen-bond donors (Lipinski definition) is 1. The van der Waals surface area contributed by atoms with E-state index in [0.717, 1.165) is 17.5 Å².